The monoisotopic (exact) mass is 436 g/mol. The number of benzene rings is 3. The highest BCUT2D eigenvalue weighted by Crippen LogP contribution is 2.49. The van der Waals surface area contributed by atoms with Gasteiger partial charge in [0.05, 0.1) is 6.61 Å². The minimum Gasteiger partial charge on any atom is -0.491 e. The van der Waals surface area contributed by atoms with Crippen LogP contribution in [-0.4, -0.2) is 13.2 Å². The Morgan fingerprint density at radius 3 is 1.69 bits per heavy atom. The summed E-state index contributed by atoms with van der Waals surface area (Å²) in [7, 11) is -4.22. The Morgan fingerprint density at radius 1 is 0.655 bits per heavy atom. The molecule has 0 bridgehead atoms. The summed E-state index contributed by atoms with van der Waals surface area (Å²) in [6.45, 7) is -0.0365. The zero-order valence-corrected chi connectivity index (χ0v) is 16.8. The average molecular weight is 437 g/mol. The maximum Gasteiger partial charge on any atom is 0.547 e. The average Bonchev–Trinajstić information content (AvgIpc) is 2.77. The molecular weight excluding hydrogens is 419 g/mol. The lowest BCUT2D eigenvalue weighted by Crippen LogP contribution is -2.10. The molecule has 0 unspecified atom stereocenters. The van der Waals surface area contributed by atoms with Crippen molar-refractivity contribution in [2.24, 2.45) is 0 Å². The number of phosphoric acid groups is 1. The molecule has 0 aliphatic carbocycles. The third-order valence-corrected chi connectivity index (χ3v) is 4.62. The van der Waals surface area contributed by atoms with Crippen LogP contribution in [0.5, 0.6) is 17.2 Å². The Morgan fingerprint density at radius 2 is 1.17 bits per heavy atom. The quantitative estimate of drug-likeness (QED) is 0.161. The largest absolute Gasteiger partial charge is 0.547 e. The van der Waals surface area contributed by atoms with Crippen LogP contribution in [0.15, 0.2) is 84.9 Å². The normalized spacial score (nSPS) is 11.1. The summed E-state index contributed by atoms with van der Waals surface area (Å²) in [6, 6.07) is 23.8. The van der Waals surface area contributed by atoms with E-state index in [1.165, 1.54) is 0 Å². The first-order valence-electron chi connectivity index (χ1n) is 8.59. The van der Waals surface area contributed by atoms with Gasteiger partial charge in [-0.2, -0.15) is 0 Å². The van der Waals surface area contributed by atoms with Crippen molar-refractivity contribution >= 4 is 19.4 Å². The maximum absolute atomic E-state index is 12.8. The van der Waals surface area contributed by atoms with Gasteiger partial charge in [-0.15, -0.1) is 0 Å². The highest BCUT2D eigenvalue weighted by atomic mass is 35.5. The Bertz CT molecular complexity index is 860. The van der Waals surface area contributed by atoms with Gasteiger partial charge in [-0.25, -0.2) is 4.57 Å². The van der Waals surface area contributed by atoms with Crippen LogP contribution in [0.1, 0.15) is 0 Å². The van der Waals surface area contributed by atoms with Crippen molar-refractivity contribution in [3.05, 3.63) is 90.0 Å². The maximum atomic E-state index is 12.8. The van der Waals surface area contributed by atoms with Gasteiger partial charge < -0.3 is 14.5 Å². The van der Waals surface area contributed by atoms with Gasteiger partial charge >= 0.3 is 7.82 Å². The van der Waals surface area contributed by atoms with E-state index in [1.54, 1.807) is 84.9 Å². The second kappa shape index (κ2) is 10.9. The van der Waals surface area contributed by atoms with Gasteiger partial charge in [-0.05, 0) is 48.5 Å². The summed E-state index contributed by atoms with van der Waals surface area (Å²) < 4.78 is 33.4. The van der Waals surface area contributed by atoms with Crippen LogP contribution in [0.2, 0.25) is 5.02 Å². The molecule has 7 nitrogen and oxygen atoms in total. The van der Waals surface area contributed by atoms with E-state index >= 15 is 0 Å². The van der Waals surface area contributed by atoms with E-state index in [1.807, 2.05) is 0 Å². The first-order valence-corrected chi connectivity index (χ1v) is 10.4. The Balaban J connectivity index is 1.55. The molecule has 0 spiro atoms. The molecule has 0 radical (unpaired) electrons. The van der Waals surface area contributed by atoms with Crippen molar-refractivity contribution in [3.63, 3.8) is 0 Å². The molecule has 0 atom stereocenters. The topological polar surface area (TPSA) is 72.5 Å². The molecule has 3 aromatic carbocycles. The third kappa shape index (κ3) is 7.42. The number of para-hydroxylation sites is 2. The fourth-order valence-electron chi connectivity index (χ4n) is 2.02. The van der Waals surface area contributed by atoms with E-state index in [0.717, 1.165) is 0 Å². The number of halogens is 1. The molecule has 9 heteroatoms. The molecule has 0 fully saturated rings. The van der Waals surface area contributed by atoms with Crippen molar-refractivity contribution in [1.29, 1.82) is 0 Å². The van der Waals surface area contributed by atoms with E-state index in [4.69, 9.17) is 40.0 Å². The summed E-state index contributed by atoms with van der Waals surface area (Å²) in [6.07, 6.45) is 0. The summed E-state index contributed by atoms with van der Waals surface area (Å²) in [5.41, 5.74) is 0. The standard InChI is InChI=1S/C20H18ClO7P/c21-17-11-13-18(14-12-17)23-15-16-24-29(22,27-25-19-7-3-1-4-8-19)28-26-20-9-5-2-6-10-20/h1-14H,15-16H2. The highest BCUT2D eigenvalue weighted by molar-refractivity contribution is 7.48. The van der Waals surface area contributed by atoms with Gasteiger partial charge in [0.15, 0.2) is 11.5 Å². The lowest BCUT2D eigenvalue weighted by molar-refractivity contribution is -0.193. The van der Waals surface area contributed by atoms with Gasteiger partial charge in [0.2, 0.25) is 0 Å². The summed E-state index contributed by atoms with van der Waals surface area (Å²) >= 11 is 5.83. The van der Waals surface area contributed by atoms with Crippen LogP contribution in [0.25, 0.3) is 0 Å². The molecule has 0 N–H and O–H groups in total. The number of hydrogen-bond donors (Lipinski definition) is 0. The molecular formula is C20H18ClO7P. The van der Waals surface area contributed by atoms with E-state index in [0.29, 0.717) is 22.3 Å². The summed E-state index contributed by atoms with van der Waals surface area (Å²) in [4.78, 5) is 10.1. The summed E-state index contributed by atoms with van der Waals surface area (Å²) in [5.74, 6) is 1.21. The molecule has 0 aliphatic rings. The third-order valence-electron chi connectivity index (χ3n) is 3.35. The molecule has 0 saturated carbocycles. The van der Waals surface area contributed by atoms with Gasteiger partial charge in [-0.3, -0.25) is 4.52 Å². The molecule has 3 rings (SSSR count). The summed E-state index contributed by atoms with van der Waals surface area (Å²) in [5, 5.41) is 0.594. The SMILES string of the molecule is O=P(OCCOc1ccc(Cl)cc1)(OOc1ccccc1)OOc1ccccc1. The smallest absolute Gasteiger partial charge is 0.491 e. The Labute approximate surface area is 173 Å². The fourth-order valence-corrected chi connectivity index (χ4v) is 2.91. The number of hydrogen-bond acceptors (Lipinski definition) is 7. The van der Waals surface area contributed by atoms with Crippen molar-refractivity contribution in [1.82, 2.24) is 0 Å². The van der Waals surface area contributed by atoms with E-state index in [-0.39, 0.29) is 13.2 Å². The zero-order valence-electron chi connectivity index (χ0n) is 15.2. The molecule has 3 aromatic rings. The molecule has 152 valence electrons. The Kier molecular flexibility index (Phi) is 7.93. The van der Waals surface area contributed by atoms with Crippen LogP contribution in [-0.2, 0) is 18.4 Å². The van der Waals surface area contributed by atoms with Crippen molar-refractivity contribution in [2.45, 2.75) is 0 Å². The second-order valence-corrected chi connectivity index (χ2v) is 7.41. The minimum atomic E-state index is -4.22. The van der Waals surface area contributed by atoms with Crippen LogP contribution in [0.4, 0.5) is 0 Å². The predicted octanol–water partition coefficient (Wildman–Crippen LogP) is 5.86. The van der Waals surface area contributed by atoms with Crippen LogP contribution in [0, 0.1) is 0 Å². The predicted molar refractivity (Wildman–Crippen MR) is 107 cm³/mol. The molecule has 29 heavy (non-hydrogen) atoms. The minimum absolute atomic E-state index is 0.0784. The van der Waals surface area contributed by atoms with Crippen LogP contribution in [0.3, 0.4) is 0 Å². The molecule has 0 heterocycles. The van der Waals surface area contributed by atoms with Gasteiger partial charge in [0.25, 0.3) is 0 Å². The first-order chi connectivity index (χ1) is 14.1. The van der Waals surface area contributed by atoms with Crippen molar-refractivity contribution in [3.8, 4) is 17.2 Å². The van der Waals surface area contributed by atoms with Crippen LogP contribution < -0.4 is 14.5 Å². The highest BCUT2D eigenvalue weighted by Gasteiger charge is 2.32. The fraction of sp³-hybridized carbons (Fsp3) is 0.100. The molecule has 0 amide bonds. The van der Waals surface area contributed by atoms with Crippen molar-refractivity contribution < 1.29 is 32.9 Å². The molecule has 0 aliphatic heterocycles. The number of ether oxygens (including phenoxy) is 1. The van der Waals surface area contributed by atoms with Gasteiger partial charge in [-0.1, -0.05) is 57.3 Å². The van der Waals surface area contributed by atoms with Crippen molar-refractivity contribution in [2.75, 3.05) is 13.2 Å². The van der Waals surface area contributed by atoms with E-state index in [9.17, 15) is 4.57 Å². The Hall–Kier alpha value is -2.54. The lowest BCUT2D eigenvalue weighted by atomic mass is 10.3. The van der Waals surface area contributed by atoms with Gasteiger partial charge in [0.1, 0.15) is 12.4 Å². The lowest BCUT2D eigenvalue weighted by Gasteiger charge is -2.16. The molecule has 0 aromatic heterocycles. The van der Waals surface area contributed by atoms with E-state index < -0.39 is 7.82 Å². The van der Waals surface area contributed by atoms with Gasteiger partial charge in [0, 0.05) is 5.02 Å². The zero-order chi connectivity index (χ0) is 20.4. The van der Waals surface area contributed by atoms with Crippen LogP contribution >= 0.6 is 19.4 Å². The molecule has 0 saturated heterocycles. The number of rotatable bonds is 11. The van der Waals surface area contributed by atoms with E-state index in [2.05, 4.69) is 0 Å². The first kappa shape index (κ1) is 21.2. The second-order valence-electron chi connectivity index (χ2n) is 5.52.